The van der Waals surface area contributed by atoms with E-state index in [2.05, 4.69) is 0 Å². The van der Waals surface area contributed by atoms with Crippen molar-refractivity contribution in [2.24, 2.45) is 11.3 Å². The molecule has 1 unspecified atom stereocenters. The van der Waals surface area contributed by atoms with Gasteiger partial charge in [0.05, 0.1) is 5.92 Å². The van der Waals surface area contributed by atoms with E-state index >= 15 is 0 Å². The molecule has 2 aliphatic rings. The minimum atomic E-state index is -0.537. The number of carbonyl (C=O) groups excluding carboxylic acids is 3. The van der Waals surface area contributed by atoms with Crippen molar-refractivity contribution in [1.29, 1.82) is 0 Å². The van der Waals surface area contributed by atoms with Crippen molar-refractivity contribution in [3.63, 3.8) is 0 Å². The van der Waals surface area contributed by atoms with Crippen LogP contribution in [-0.2, 0) is 9.53 Å². The molecule has 3 rings (SSSR count). The molecule has 1 saturated heterocycles. The third kappa shape index (κ3) is 3.67. The highest BCUT2D eigenvalue weighted by Gasteiger charge is 2.51. The minimum absolute atomic E-state index is 0.0650. The summed E-state index contributed by atoms with van der Waals surface area (Å²) in [4.78, 5) is 39.7. The Hall–Kier alpha value is -2.17. The van der Waals surface area contributed by atoms with Crippen LogP contribution in [0.25, 0.3) is 0 Å². The van der Waals surface area contributed by atoms with Crippen molar-refractivity contribution in [1.82, 2.24) is 4.90 Å². The van der Waals surface area contributed by atoms with E-state index in [1.807, 2.05) is 39.0 Å². The Balaban J connectivity index is 1.64. The first-order valence-electron chi connectivity index (χ1n) is 9.33. The summed E-state index contributed by atoms with van der Waals surface area (Å²) in [6, 6.07) is 9.04. The van der Waals surface area contributed by atoms with Gasteiger partial charge in [-0.1, -0.05) is 30.3 Å². The van der Waals surface area contributed by atoms with Crippen LogP contribution in [0.1, 0.15) is 56.8 Å². The SMILES string of the molecule is CC(C)(C)OC(=O)N1CCC2(CCC(C(=O)c3ccccc3)C2=O)CC1. The number of nitrogens with zero attached hydrogens (tertiary/aromatic N) is 1. The highest BCUT2D eigenvalue weighted by molar-refractivity contribution is 6.13. The number of ketones is 2. The second-order valence-corrected chi connectivity index (χ2v) is 8.43. The van der Waals surface area contributed by atoms with Crippen molar-refractivity contribution in [2.75, 3.05) is 13.1 Å². The number of amides is 1. The van der Waals surface area contributed by atoms with E-state index in [0.29, 0.717) is 37.9 Å². The molecule has 1 saturated carbocycles. The highest BCUT2D eigenvalue weighted by atomic mass is 16.6. The maximum absolute atomic E-state index is 13.0. The monoisotopic (exact) mass is 357 g/mol. The Morgan fingerprint density at radius 1 is 1.08 bits per heavy atom. The number of likely N-dealkylation sites (tertiary alicyclic amines) is 1. The maximum atomic E-state index is 13.0. The van der Waals surface area contributed by atoms with Crippen molar-refractivity contribution < 1.29 is 19.1 Å². The van der Waals surface area contributed by atoms with Gasteiger partial charge in [-0.25, -0.2) is 4.79 Å². The molecule has 26 heavy (non-hydrogen) atoms. The molecule has 5 nitrogen and oxygen atoms in total. The Labute approximate surface area is 154 Å². The van der Waals surface area contributed by atoms with Crippen molar-refractivity contribution in [2.45, 2.75) is 52.1 Å². The Morgan fingerprint density at radius 3 is 2.27 bits per heavy atom. The Morgan fingerprint density at radius 2 is 1.69 bits per heavy atom. The molecule has 1 aromatic carbocycles. The molecule has 1 aliphatic heterocycles. The average Bonchev–Trinajstić information content (AvgIpc) is 2.91. The van der Waals surface area contributed by atoms with Crippen LogP contribution in [0, 0.1) is 11.3 Å². The normalized spacial score (nSPS) is 22.5. The van der Waals surface area contributed by atoms with Gasteiger partial charge in [-0.05, 0) is 46.5 Å². The number of ether oxygens (including phenoxy) is 1. The highest BCUT2D eigenvalue weighted by Crippen LogP contribution is 2.47. The standard InChI is InChI=1S/C21H27NO4/c1-20(2,3)26-19(25)22-13-11-21(12-14-22)10-9-16(18(21)24)17(23)15-7-5-4-6-8-15/h4-8,16H,9-14H2,1-3H3. The summed E-state index contributed by atoms with van der Waals surface area (Å²) < 4.78 is 5.42. The van der Waals surface area contributed by atoms with Crippen LogP contribution in [0.4, 0.5) is 4.79 Å². The van der Waals surface area contributed by atoms with Gasteiger partial charge >= 0.3 is 6.09 Å². The summed E-state index contributed by atoms with van der Waals surface area (Å²) in [6.07, 6.45) is 2.25. The zero-order valence-electron chi connectivity index (χ0n) is 15.8. The summed E-state index contributed by atoms with van der Waals surface area (Å²) in [6.45, 7) is 6.55. The fourth-order valence-corrected chi connectivity index (χ4v) is 4.04. The number of Topliss-reactive ketones (excluding diaryl/α,β-unsaturated/α-hetero) is 2. The summed E-state index contributed by atoms with van der Waals surface area (Å²) in [7, 11) is 0. The quantitative estimate of drug-likeness (QED) is 0.595. The number of hydrogen-bond acceptors (Lipinski definition) is 4. The molecule has 2 fully saturated rings. The van der Waals surface area contributed by atoms with Crippen LogP contribution in [0.15, 0.2) is 30.3 Å². The number of benzene rings is 1. The van der Waals surface area contributed by atoms with E-state index in [1.165, 1.54) is 0 Å². The first-order chi connectivity index (χ1) is 12.2. The zero-order chi connectivity index (χ0) is 18.9. The van der Waals surface area contributed by atoms with E-state index in [-0.39, 0.29) is 17.7 Å². The molecule has 1 atom stereocenters. The largest absolute Gasteiger partial charge is 0.444 e. The molecule has 0 N–H and O–H groups in total. The molecule has 1 aliphatic carbocycles. The lowest BCUT2D eigenvalue weighted by Gasteiger charge is -2.38. The number of carbonyl (C=O) groups is 3. The maximum Gasteiger partial charge on any atom is 0.410 e. The molecule has 0 aromatic heterocycles. The third-order valence-corrected chi connectivity index (χ3v) is 5.50. The van der Waals surface area contributed by atoms with Crippen molar-refractivity contribution in [3.8, 4) is 0 Å². The lowest BCUT2D eigenvalue weighted by molar-refractivity contribution is -0.130. The predicted molar refractivity (Wildman–Crippen MR) is 98.0 cm³/mol. The Kier molecular flexibility index (Phi) is 4.91. The molecule has 1 heterocycles. The smallest absolute Gasteiger partial charge is 0.410 e. The molecule has 1 spiro atoms. The zero-order valence-corrected chi connectivity index (χ0v) is 15.8. The summed E-state index contributed by atoms with van der Waals surface area (Å²) >= 11 is 0. The minimum Gasteiger partial charge on any atom is -0.444 e. The molecule has 1 aromatic rings. The number of rotatable bonds is 2. The molecule has 140 valence electrons. The first-order valence-corrected chi connectivity index (χ1v) is 9.33. The summed E-state index contributed by atoms with van der Waals surface area (Å²) in [5.41, 5.74) is -0.370. The first kappa shape index (κ1) is 18.6. The van der Waals surface area contributed by atoms with E-state index < -0.39 is 16.9 Å². The van der Waals surface area contributed by atoms with Gasteiger partial charge in [-0.3, -0.25) is 9.59 Å². The fraction of sp³-hybridized carbons (Fsp3) is 0.571. The lowest BCUT2D eigenvalue weighted by atomic mass is 9.75. The topological polar surface area (TPSA) is 63.7 Å². The summed E-state index contributed by atoms with van der Waals surface area (Å²) in [5, 5.41) is 0. The molecular formula is C21H27NO4. The number of piperidine rings is 1. The van der Waals surface area contributed by atoms with Crippen LogP contribution in [-0.4, -0.2) is 41.3 Å². The summed E-state index contributed by atoms with van der Waals surface area (Å²) in [5.74, 6) is -0.539. The van der Waals surface area contributed by atoms with Crippen LogP contribution >= 0.6 is 0 Å². The molecule has 5 heteroatoms. The van der Waals surface area contributed by atoms with Crippen LogP contribution in [0.2, 0.25) is 0 Å². The van der Waals surface area contributed by atoms with Crippen molar-refractivity contribution in [3.05, 3.63) is 35.9 Å². The van der Waals surface area contributed by atoms with Gasteiger partial charge in [0.25, 0.3) is 0 Å². The van der Waals surface area contributed by atoms with Gasteiger partial charge in [0.2, 0.25) is 0 Å². The molecule has 0 radical (unpaired) electrons. The second kappa shape index (κ2) is 6.86. The van der Waals surface area contributed by atoms with Gasteiger partial charge in [0, 0.05) is 24.1 Å². The molecule has 0 bridgehead atoms. The van der Waals surface area contributed by atoms with E-state index in [0.717, 1.165) is 6.42 Å². The molecular weight excluding hydrogens is 330 g/mol. The van der Waals surface area contributed by atoms with E-state index in [9.17, 15) is 14.4 Å². The predicted octanol–water partition coefficient (Wildman–Crippen LogP) is 3.87. The Bertz CT molecular complexity index is 696. The van der Waals surface area contributed by atoms with E-state index in [1.54, 1.807) is 17.0 Å². The van der Waals surface area contributed by atoms with Gasteiger partial charge in [0.1, 0.15) is 11.4 Å². The van der Waals surface area contributed by atoms with Crippen LogP contribution in [0.5, 0.6) is 0 Å². The lowest BCUT2D eigenvalue weighted by Crippen LogP contribution is -2.47. The second-order valence-electron chi connectivity index (χ2n) is 8.43. The van der Waals surface area contributed by atoms with Crippen LogP contribution in [0.3, 0.4) is 0 Å². The third-order valence-electron chi connectivity index (χ3n) is 5.50. The van der Waals surface area contributed by atoms with Crippen molar-refractivity contribution >= 4 is 17.7 Å². The van der Waals surface area contributed by atoms with E-state index in [4.69, 9.17) is 4.74 Å². The van der Waals surface area contributed by atoms with Gasteiger partial charge < -0.3 is 9.64 Å². The van der Waals surface area contributed by atoms with Gasteiger partial charge in [-0.15, -0.1) is 0 Å². The average molecular weight is 357 g/mol. The van der Waals surface area contributed by atoms with Crippen LogP contribution < -0.4 is 0 Å². The van der Waals surface area contributed by atoms with Gasteiger partial charge in [0.15, 0.2) is 5.78 Å². The fourth-order valence-electron chi connectivity index (χ4n) is 4.04. The number of hydrogen-bond donors (Lipinski definition) is 0. The molecule has 1 amide bonds. The van der Waals surface area contributed by atoms with Gasteiger partial charge in [-0.2, -0.15) is 0 Å².